The third-order valence-corrected chi connectivity index (χ3v) is 4.26. The third kappa shape index (κ3) is 2.67. The molecule has 102 valence electrons. The fraction of sp³-hybridized carbons (Fsp3) is 0.500. The van der Waals surface area contributed by atoms with Crippen molar-refractivity contribution < 1.29 is 0 Å². The molecule has 2 heterocycles. The van der Waals surface area contributed by atoms with E-state index in [1.165, 1.54) is 35.1 Å². The van der Waals surface area contributed by atoms with Gasteiger partial charge in [-0.05, 0) is 43.5 Å². The molecule has 1 aliphatic rings. The molecule has 1 fully saturated rings. The Morgan fingerprint density at radius 1 is 1.26 bits per heavy atom. The number of benzene rings is 1. The summed E-state index contributed by atoms with van der Waals surface area (Å²) < 4.78 is 0. The average molecular weight is 257 g/mol. The van der Waals surface area contributed by atoms with Gasteiger partial charge >= 0.3 is 0 Å². The fourth-order valence-electron chi connectivity index (χ4n) is 3.03. The quantitative estimate of drug-likeness (QED) is 0.884. The lowest BCUT2D eigenvalue weighted by molar-refractivity contribution is 0.183. The Balaban J connectivity index is 1.74. The Labute approximate surface area is 115 Å². The van der Waals surface area contributed by atoms with Crippen LogP contribution in [0.3, 0.4) is 0 Å². The highest BCUT2D eigenvalue weighted by Crippen LogP contribution is 2.20. The van der Waals surface area contributed by atoms with Crippen molar-refractivity contribution in [2.24, 2.45) is 0 Å². The Hall–Kier alpha value is -1.32. The van der Waals surface area contributed by atoms with Crippen molar-refractivity contribution in [1.82, 2.24) is 15.2 Å². The van der Waals surface area contributed by atoms with Gasteiger partial charge in [0.15, 0.2) is 0 Å². The number of aromatic amines is 1. The number of piperazine rings is 1. The van der Waals surface area contributed by atoms with Gasteiger partial charge in [-0.2, -0.15) is 0 Å². The van der Waals surface area contributed by atoms with Crippen molar-refractivity contribution in [1.29, 1.82) is 0 Å². The zero-order valence-electron chi connectivity index (χ0n) is 11.9. The van der Waals surface area contributed by atoms with E-state index < -0.39 is 0 Å². The van der Waals surface area contributed by atoms with Crippen LogP contribution in [0.15, 0.2) is 24.4 Å². The highest BCUT2D eigenvalue weighted by Gasteiger charge is 2.16. The Kier molecular flexibility index (Phi) is 3.58. The van der Waals surface area contributed by atoms with Crippen LogP contribution in [0, 0.1) is 6.92 Å². The molecule has 1 aliphatic heterocycles. The van der Waals surface area contributed by atoms with Crippen LogP contribution in [0.1, 0.15) is 18.1 Å². The van der Waals surface area contributed by atoms with Gasteiger partial charge in [0.25, 0.3) is 0 Å². The molecule has 2 N–H and O–H groups in total. The van der Waals surface area contributed by atoms with Gasteiger partial charge in [-0.3, -0.25) is 4.90 Å². The second kappa shape index (κ2) is 5.35. The van der Waals surface area contributed by atoms with Crippen molar-refractivity contribution in [2.75, 3.05) is 26.2 Å². The number of nitrogens with one attached hydrogen (secondary N) is 2. The Morgan fingerprint density at radius 2 is 2.05 bits per heavy atom. The van der Waals surface area contributed by atoms with Crippen LogP contribution in [-0.2, 0) is 6.42 Å². The smallest absolute Gasteiger partial charge is 0.0456 e. The maximum absolute atomic E-state index is 3.42. The van der Waals surface area contributed by atoms with E-state index in [9.17, 15) is 0 Å². The lowest BCUT2D eigenvalue weighted by Crippen LogP contribution is -2.48. The second-order valence-electron chi connectivity index (χ2n) is 5.69. The van der Waals surface area contributed by atoms with Gasteiger partial charge in [0.2, 0.25) is 0 Å². The zero-order valence-corrected chi connectivity index (χ0v) is 11.9. The normalized spacial score (nSPS) is 18.8. The largest absolute Gasteiger partial charge is 0.361 e. The van der Waals surface area contributed by atoms with Gasteiger partial charge in [0.1, 0.15) is 0 Å². The number of fused-ring (bicyclic) bond motifs is 1. The monoisotopic (exact) mass is 257 g/mol. The zero-order chi connectivity index (χ0) is 13.2. The molecular weight excluding hydrogens is 234 g/mol. The molecule has 1 atom stereocenters. The summed E-state index contributed by atoms with van der Waals surface area (Å²) in [4.78, 5) is 5.90. The predicted octanol–water partition coefficient (Wildman–Crippen LogP) is 2.31. The molecule has 0 radical (unpaired) electrons. The van der Waals surface area contributed by atoms with Crippen molar-refractivity contribution in [3.05, 3.63) is 35.5 Å². The van der Waals surface area contributed by atoms with Gasteiger partial charge < -0.3 is 10.3 Å². The predicted molar refractivity (Wildman–Crippen MR) is 80.6 cm³/mol. The second-order valence-corrected chi connectivity index (χ2v) is 5.69. The first kappa shape index (κ1) is 12.7. The standard InChI is InChI=1S/C16H23N3/c1-12-11-18-16-4-3-14(10-15(12)16)9-13(2)19-7-5-17-6-8-19/h3-4,10-11,13,17-18H,5-9H2,1-2H3. The van der Waals surface area contributed by atoms with Crippen molar-refractivity contribution in [3.8, 4) is 0 Å². The van der Waals surface area contributed by atoms with E-state index in [1.54, 1.807) is 0 Å². The van der Waals surface area contributed by atoms with Crippen LogP contribution in [-0.4, -0.2) is 42.1 Å². The lowest BCUT2D eigenvalue weighted by Gasteiger charge is -2.32. The molecule has 1 aromatic heterocycles. The molecule has 1 saturated heterocycles. The van der Waals surface area contributed by atoms with E-state index in [2.05, 4.69) is 53.4 Å². The SMILES string of the molecule is Cc1c[nH]c2ccc(CC(C)N3CCNCC3)cc12. The summed E-state index contributed by atoms with van der Waals surface area (Å²) in [6.45, 7) is 9.11. The fourth-order valence-corrected chi connectivity index (χ4v) is 3.03. The highest BCUT2D eigenvalue weighted by molar-refractivity contribution is 5.83. The van der Waals surface area contributed by atoms with Crippen LogP contribution in [0.4, 0.5) is 0 Å². The molecule has 3 rings (SSSR count). The summed E-state index contributed by atoms with van der Waals surface area (Å²) in [7, 11) is 0. The van der Waals surface area contributed by atoms with Crippen molar-refractivity contribution >= 4 is 10.9 Å². The summed E-state index contributed by atoms with van der Waals surface area (Å²) in [6, 6.07) is 7.44. The summed E-state index contributed by atoms with van der Waals surface area (Å²) in [5.41, 5.74) is 4.03. The average Bonchev–Trinajstić information content (AvgIpc) is 2.81. The minimum Gasteiger partial charge on any atom is -0.361 e. The third-order valence-electron chi connectivity index (χ3n) is 4.26. The van der Waals surface area contributed by atoms with E-state index in [0.29, 0.717) is 6.04 Å². The summed E-state index contributed by atoms with van der Waals surface area (Å²) in [5, 5.41) is 4.78. The molecule has 0 aliphatic carbocycles. The number of H-pyrrole nitrogens is 1. The van der Waals surface area contributed by atoms with Gasteiger partial charge in [0, 0.05) is 49.3 Å². The molecule has 0 bridgehead atoms. The van der Waals surface area contributed by atoms with Gasteiger partial charge in [-0.15, -0.1) is 0 Å². The highest BCUT2D eigenvalue weighted by atomic mass is 15.2. The maximum atomic E-state index is 3.42. The van der Waals surface area contributed by atoms with Crippen molar-refractivity contribution in [2.45, 2.75) is 26.3 Å². The van der Waals surface area contributed by atoms with E-state index in [1.807, 2.05) is 0 Å². The van der Waals surface area contributed by atoms with E-state index in [4.69, 9.17) is 0 Å². The van der Waals surface area contributed by atoms with Crippen LogP contribution in [0.25, 0.3) is 10.9 Å². The summed E-state index contributed by atoms with van der Waals surface area (Å²) >= 11 is 0. The molecule has 0 spiro atoms. The maximum Gasteiger partial charge on any atom is 0.0456 e. The van der Waals surface area contributed by atoms with Crippen molar-refractivity contribution in [3.63, 3.8) is 0 Å². The first-order chi connectivity index (χ1) is 9.24. The first-order valence-corrected chi connectivity index (χ1v) is 7.25. The molecule has 19 heavy (non-hydrogen) atoms. The van der Waals surface area contributed by atoms with E-state index >= 15 is 0 Å². The minimum atomic E-state index is 0.624. The number of hydrogen-bond acceptors (Lipinski definition) is 2. The Morgan fingerprint density at radius 3 is 2.84 bits per heavy atom. The molecule has 0 amide bonds. The van der Waals surface area contributed by atoms with E-state index in [-0.39, 0.29) is 0 Å². The molecule has 1 unspecified atom stereocenters. The lowest BCUT2D eigenvalue weighted by atomic mass is 10.0. The molecular formula is C16H23N3. The van der Waals surface area contributed by atoms with Gasteiger partial charge in [0.05, 0.1) is 0 Å². The molecule has 0 saturated carbocycles. The Bertz CT molecular complexity index is 552. The van der Waals surface area contributed by atoms with E-state index in [0.717, 1.165) is 19.5 Å². The number of hydrogen-bond donors (Lipinski definition) is 2. The number of rotatable bonds is 3. The molecule has 2 aromatic rings. The summed E-state index contributed by atoms with van der Waals surface area (Å²) in [6.07, 6.45) is 3.23. The van der Waals surface area contributed by atoms with Crippen LogP contribution in [0.2, 0.25) is 0 Å². The number of nitrogens with zero attached hydrogens (tertiary/aromatic N) is 1. The number of aryl methyl sites for hydroxylation is 1. The molecule has 1 aromatic carbocycles. The van der Waals surface area contributed by atoms with Crippen LogP contribution < -0.4 is 5.32 Å². The summed E-state index contributed by atoms with van der Waals surface area (Å²) in [5.74, 6) is 0. The van der Waals surface area contributed by atoms with Gasteiger partial charge in [-0.25, -0.2) is 0 Å². The minimum absolute atomic E-state index is 0.624. The first-order valence-electron chi connectivity index (χ1n) is 7.25. The molecule has 3 heteroatoms. The topological polar surface area (TPSA) is 31.1 Å². The number of aromatic nitrogens is 1. The van der Waals surface area contributed by atoms with Crippen LogP contribution in [0.5, 0.6) is 0 Å². The van der Waals surface area contributed by atoms with Gasteiger partial charge in [-0.1, -0.05) is 6.07 Å². The molecule has 3 nitrogen and oxygen atoms in total. The van der Waals surface area contributed by atoms with Crippen LogP contribution >= 0.6 is 0 Å².